The van der Waals surface area contributed by atoms with Crippen molar-refractivity contribution in [1.82, 2.24) is 0 Å². The second-order valence-corrected chi connectivity index (χ2v) is 3.80. The Labute approximate surface area is 78.2 Å². The molecule has 0 bridgehead atoms. The number of hydrogen-bond acceptors (Lipinski definition) is 3. The molecule has 1 heterocycles. The summed E-state index contributed by atoms with van der Waals surface area (Å²) in [5, 5.41) is 19.1. The summed E-state index contributed by atoms with van der Waals surface area (Å²) in [4.78, 5) is 10.2. The zero-order valence-corrected chi connectivity index (χ0v) is 7.60. The Kier molecular flexibility index (Phi) is 3.08. The number of carboxylic acid groups (broad SMARTS) is 1. The normalized spacial score (nSPS) is 12.8. The van der Waals surface area contributed by atoms with Gasteiger partial charge in [0.25, 0.3) is 0 Å². The van der Waals surface area contributed by atoms with E-state index in [1.807, 2.05) is 0 Å². The van der Waals surface area contributed by atoms with Crippen molar-refractivity contribution in [3.05, 3.63) is 21.3 Å². The van der Waals surface area contributed by atoms with E-state index in [0.717, 1.165) is 0 Å². The van der Waals surface area contributed by atoms with Gasteiger partial charge in [0.1, 0.15) is 0 Å². The Hall–Kier alpha value is -0.580. The van der Waals surface area contributed by atoms with Crippen LogP contribution in [-0.2, 0) is 11.2 Å². The lowest BCUT2D eigenvalue weighted by atomic mass is 10.1. The predicted octanol–water partition coefficient (Wildman–Crippen LogP) is 1.39. The second kappa shape index (κ2) is 3.89. The van der Waals surface area contributed by atoms with Crippen LogP contribution >= 0.6 is 22.9 Å². The molecule has 66 valence electrons. The minimum absolute atomic E-state index is 0.0671. The molecule has 0 spiro atoms. The summed E-state index contributed by atoms with van der Waals surface area (Å²) < 4.78 is 0.537. The van der Waals surface area contributed by atoms with E-state index in [-0.39, 0.29) is 6.42 Å². The Balaban J connectivity index is 2.64. The van der Waals surface area contributed by atoms with Gasteiger partial charge in [-0.2, -0.15) is 0 Å². The summed E-state index contributed by atoms with van der Waals surface area (Å²) in [6.45, 7) is 0. The standard InChI is InChI=1S/C7H7ClO3S/c8-6-4(1-2-12-6)3-5(9)7(10)11/h1-2,5,9H,3H2,(H,10,11). The van der Waals surface area contributed by atoms with Crippen molar-refractivity contribution in [1.29, 1.82) is 0 Å². The largest absolute Gasteiger partial charge is 0.479 e. The summed E-state index contributed by atoms with van der Waals surface area (Å²) in [6.07, 6.45) is -1.30. The van der Waals surface area contributed by atoms with Crippen molar-refractivity contribution < 1.29 is 15.0 Å². The summed E-state index contributed by atoms with van der Waals surface area (Å²) in [6, 6.07) is 1.71. The van der Waals surface area contributed by atoms with E-state index in [1.165, 1.54) is 11.3 Å². The zero-order valence-electron chi connectivity index (χ0n) is 6.03. The first kappa shape index (κ1) is 9.51. The average Bonchev–Trinajstić information content (AvgIpc) is 2.36. The number of aliphatic hydroxyl groups excluding tert-OH is 1. The molecular formula is C7H7ClO3S. The summed E-state index contributed by atoms with van der Waals surface area (Å²) in [5.74, 6) is -1.22. The Morgan fingerprint density at radius 1 is 1.75 bits per heavy atom. The quantitative estimate of drug-likeness (QED) is 0.786. The molecule has 1 unspecified atom stereocenters. The molecule has 0 aliphatic carbocycles. The van der Waals surface area contributed by atoms with Gasteiger partial charge in [-0.1, -0.05) is 11.6 Å². The van der Waals surface area contributed by atoms with Crippen LogP contribution in [0.15, 0.2) is 11.4 Å². The third kappa shape index (κ3) is 2.20. The van der Waals surface area contributed by atoms with Crippen LogP contribution in [-0.4, -0.2) is 22.3 Å². The van der Waals surface area contributed by atoms with Crippen molar-refractivity contribution in [2.75, 3.05) is 0 Å². The van der Waals surface area contributed by atoms with Crippen LogP contribution in [0.3, 0.4) is 0 Å². The van der Waals surface area contributed by atoms with Gasteiger partial charge in [0.2, 0.25) is 0 Å². The number of carbonyl (C=O) groups is 1. The van der Waals surface area contributed by atoms with E-state index in [9.17, 15) is 4.79 Å². The van der Waals surface area contributed by atoms with E-state index < -0.39 is 12.1 Å². The van der Waals surface area contributed by atoms with Crippen LogP contribution in [0, 0.1) is 0 Å². The minimum Gasteiger partial charge on any atom is -0.479 e. The van der Waals surface area contributed by atoms with Crippen LogP contribution in [0.25, 0.3) is 0 Å². The molecule has 5 heteroatoms. The van der Waals surface area contributed by atoms with Gasteiger partial charge < -0.3 is 10.2 Å². The molecule has 1 atom stereocenters. The molecule has 0 aliphatic heterocycles. The van der Waals surface area contributed by atoms with Crippen molar-refractivity contribution in [2.24, 2.45) is 0 Å². The molecule has 2 N–H and O–H groups in total. The molecule has 3 nitrogen and oxygen atoms in total. The van der Waals surface area contributed by atoms with Gasteiger partial charge in [-0.05, 0) is 17.0 Å². The first-order chi connectivity index (χ1) is 5.61. The Bertz CT molecular complexity index is 284. The highest BCUT2D eigenvalue weighted by Gasteiger charge is 2.15. The van der Waals surface area contributed by atoms with Gasteiger partial charge in [0.05, 0.1) is 4.34 Å². The van der Waals surface area contributed by atoms with E-state index in [4.69, 9.17) is 21.8 Å². The molecule has 12 heavy (non-hydrogen) atoms. The third-order valence-corrected chi connectivity index (χ3v) is 2.64. The minimum atomic E-state index is -1.36. The smallest absolute Gasteiger partial charge is 0.332 e. The fourth-order valence-corrected chi connectivity index (χ4v) is 1.71. The monoisotopic (exact) mass is 206 g/mol. The average molecular weight is 207 g/mol. The van der Waals surface area contributed by atoms with Crippen LogP contribution in [0.4, 0.5) is 0 Å². The summed E-state index contributed by atoms with van der Waals surface area (Å²) >= 11 is 7.02. The molecule has 1 aromatic heterocycles. The SMILES string of the molecule is O=C(O)C(O)Cc1ccsc1Cl. The van der Waals surface area contributed by atoms with E-state index >= 15 is 0 Å². The molecule has 0 aliphatic rings. The number of thiophene rings is 1. The van der Waals surface area contributed by atoms with E-state index in [1.54, 1.807) is 11.4 Å². The number of hydrogen-bond donors (Lipinski definition) is 2. The van der Waals surface area contributed by atoms with Crippen LogP contribution < -0.4 is 0 Å². The van der Waals surface area contributed by atoms with Crippen molar-refractivity contribution in [3.63, 3.8) is 0 Å². The van der Waals surface area contributed by atoms with Gasteiger partial charge in [-0.15, -0.1) is 11.3 Å². The fourth-order valence-electron chi connectivity index (χ4n) is 0.761. The molecule has 0 fully saturated rings. The number of aliphatic hydroxyl groups is 1. The lowest BCUT2D eigenvalue weighted by Gasteiger charge is -2.02. The maximum absolute atomic E-state index is 10.2. The molecule has 1 aromatic rings. The van der Waals surface area contributed by atoms with Crippen molar-refractivity contribution in [2.45, 2.75) is 12.5 Å². The number of carboxylic acids is 1. The molecule has 0 radical (unpaired) electrons. The summed E-state index contributed by atoms with van der Waals surface area (Å²) in [5.41, 5.74) is 0.677. The molecule has 1 rings (SSSR count). The zero-order chi connectivity index (χ0) is 9.14. The number of halogens is 1. The lowest BCUT2D eigenvalue weighted by Crippen LogP contribution is -2.21. The van der Waals surface area contributed by atoms with Crippen LogP contribution in [0.1, 0.15) is 5.56 Å². The highest BCUT2D eigenvalue weighted by molar-refractivity contribution is 7.14. The molecule has 0 aromatic carbocycles. The maximum Gasteiger partial charge on any atom is 0.332 e. The first-order valence-electron chi connectivity index (χ1n) is 3.24. The lowest BCUT2D eigenvalue weighted by molar-refractivity contribution is -0.146. The number of rotatable bonds is 3. The molecule has 0 saturated heterocycles. The van der Waals surface area contributed by atoms with Crippen molar-refractivity contribution in [3.8, 4) is 0 Å². The van der Waals surface area contributed by atoms with Gasteiger partial charge in [0, 0.05) is 6.42 Å². The van der Waals surface area contributed by atoms with Crippen molar-refractivity contribution >= 4 is 28.9 Å². The highest BCUT2D eigenvalue weighted by atomic mass is 35.5. The second-order valence-electron chi connectivity index (χ2n) is 2.28. The van der Waals surface area contributed by atoms with Gasteiger partial charge in [-0.3, -0.25) is 0 Å². The van der Waals surface area contributed by atoms with Gasteiger partial charge in [-0.25, -0.2) is 4.79 Å². The maximum atomic E-state index is 10.2. The fraction of sp³-hybridized carbons (Fsp3) is 0.286. The molecule has 0 saturated carbocycles. The molecule has 0 amide bonds. The Morgan fingerprint density at radius 2 is 2.42 bits per heavy atom. The van der Waals surface area contributed by atoms with Crippen LogP contribution in [0.5, 0.6) is 0 Å². The predicted molar refractivity (Wildman–Crippen MR) is 46.7 cm³/mol. The van der Waals surface area contributed by atoms with Gasteiger partial charge in [0.15, 0.2) is 6.10 Å². The summed E-state index contributed by atoms with van der Waals surface area (Å²) in [7, 11) is 0. The number of aliphatic carboxylic acids is 1. The Morgan fingerprint density at radius 3 is 2.83 bits per heavy atom. The van der Waals surface area contributed by atoms with Gasteiger partial charge >= 0.3 is 5.97 Å². The van der Waals surface area contributed by atoms with E-state index in [0.29, 0.717) is 9.90 Å². The van der Waals surface area contributed by atoms with Crippen LogP contribution in [0.2, 0.25) is 4.34 Å². The topological polar surface area (TPSA) is 57.5 Å². The molecular weight excluding hydrogens is 200 g/mol. The van der Waals surface area contributed by atoms with E-state index in [2.05, 4.69) is 0 Å². The first-order valence-corrected chi connectivity index (χ1v) is 4.49. The highest BCUT2D eigenvalue weighted by Crippen LogP contribution is 2.23. The third-order valence-electron chi connectivity index (χ3n) is 1.39.